The van der Waals surface area contributed by atoms with Crippen molar-refractivity contribution in [2.24, 2.45) is 0 Å². The van der Waals surface area contributed by atoms with Gasteiger partial charge in [0, 0.05) is 25.6 Å². The van der Waals surface area contributed by atoms with E-state index in [-0.39, 0.29) is 5.78 Å². The molecule has 0 aromatic heterocycles. The number of hydrogen-bond acceptors (Lipinski definition) is 2. The van der Waals surface area contributed by atoms with Gasteiger partial charge in [-0.05, 0) is 18.1 Å². The van der Waals surface area contributed by atoms with E-state index in [1.165, 1.54) is 5.56 Å². The molecule has 1 aliphatic heterocycles. The van der Waals surface area contributed by atoms with Gasteiger partial charge in [0.05, 0.1) is 5.69 Å². The fourth-order valence-corrected chi connectivity index (χ4v) is 2.07. The summed E-state index contributed by atoms with van der Waals surface area (Å²) in [6, 6.07) is 6.02. The van der Waals surface area contributed by atoms with Gasteiger partial charge in [-0.3, -0.25) is 4.79 Å². The van der Waals surface area contributed by atoms with E-state index in [1.54, 1.807) is 0 Å². The molecule has 1 aromatic rings. The van der Waals surface area contributed by atoms with Crippen LogP contribution >= 0.6 is 0 Å². The Kier molecular flexibility index (Phi) is 2.28. The zero-order valence-electron chi connectivity index (χ0n) is 8.71. The van der Waals surface area contributed by atoms with Crippen molar-refractivity contribution in [2.75, 3.05) is 18.5 Å². The number of fused-ring (bicyclic) bond motifs is 1. The third kappa shape index (κ3) is 1.31. The molecule has 0 spiro atoms. The van der Waals surface area contributed by atoms with E-state index in [0.717, 1.165) is 24.2 Å². The summed E-state index contributed by atoms with van der Waals surface area (Å²) >= 11 is 0. The summed E-state index contributed by atoms with van der Waals surface area (Å²) in [5, 5.41) is 0. The van der Waals surface area contributed by atoms with Crippen LogP contribution in [0.2, 0.25) is 0 Å². The average Bonchev–Trinajstić information content (AvgIpc) is 2.23. The van der Waals surface area contributed by atoms with E-state index < -0.39 is 0 Å². The van der Waals surface area contributed by atoms with E-state index in [9.17, 15) is 4.79 Å². The molecule has 0 atom stereocenters. The highest BCUT2D eigenvalue weighted by atomic mass is 16.1. The molecule has 2 nitrogen and oxygen atoms in total. The van der Waals surface area contributed by atoms with Crippen LogP contribution in [0.5, 0.6) is 0 Å². The molecule has 1 heterocycles. The van der Waals surface area contributed by atoms with Gasteiger partial charge in [0.1, 0.15) is 0 Å². The second kappa shape index (κ2) is 3.45. The Bertz CT molecular complexity index is 371. The molecule has 2 heteroatoms. The Morgan fingerprint density at radius 3 is 2.93 bits per heavy atom. The number of rotatable bonds is 1. The molecule has 0 aliphatic carbocycles. The molecule has 0 amide bonds. The predicted molar refractivity (Wildman–Crippen MR) is 58.0 cm³/mol. The number of ketones is 1. The summed E-state index contributed by atoms with van der Waals surface area (Å²) in [6.07, 6.45) is 1.64. The first-order chi connectivity index (χ1) is 6.74. The van der Waals surface area contributed by atoms with Gasteiger partial charge in [-0.25, -0.2) is 0 Å². The molecule has 1 aromatic carbocycles. The fraction of sp³-hybridized carbons (Fsp3) is 0.417. The minimum atomic E-state index is 0.286. The first-order valence-corrected chi connectivity index (χ1v) is 5.10. The molecule has 0 N–H and O–H groups in total. The number of carbonyl (C=O) groups is 1. The smallest absolute Gasteiger partial charge is 0.166 e. The quantitative estimate of drug-likeness (QED) is 0.675. The van der Waals surface area contributed by atoms with Crippen molar-refractivity contribution in [3.05, 3.63) is 29.3 Å². The monoisotopic (exact) mass is 189 g/mol. The zero-order chi connectivity index (χ0) is 10.1. The van der Waals surface area contributed by atoms with E-state index >= 15 is 0 Å². The van der Waals surface area contributed by atoms with Crippen LogP contribution in [-0.4, -0.2) is 19.4 Å². The molecule has 0 bridgehead atoms. The van der Waals surface area contributed by atoms with Crippen molar-refractivity contribution in [2.45, 2.75) is 19.8 Å². The summed E-state index contributed by atoms with van der Waals surface area (Å²) in [4.78, 5) is 13.9. The number of aryl methyl sites for hydroxylation is 1. The van der Waals surface area contributed by atoms with Crippen LogP contribution in [0.25, 0.3) is 0 Å². The minimum Gasteiger partial charge on any atom is -0.373 e. The lowest BCUT2D eigenvalue weighted by molar-refractivity contribution is 0.0980. The Morgan fingerprint density at radius 1 is 1.43 bits per heavy atom. The van der Waals surface area contributed by atoms with Crippen LogP contribution in [0.4, 0.5) is 5.69 Å². The largest absolute Gasteiger partial charge is 0.373 e. The molecule has 0 radical (unpaired) electrons. The number of para-hydroxylation sites is 1. The lowest BCUT2D eigenvalue weighted by atomic mass is 9.96. The molecule has 74 valence electrons. The van der Waals surface area contributed by atoms with Gasteiger partial charge >= 0.3 is 0 Å². The second-order valence-corrected chi connectivity index (χ2v) is 3.76. The summed E-state index contributed by atoms with van der Waals surface area (Å²) < 4.78 is 0. The van der Waals surface area contributed by atoms with Crippen molar-refractivity contribution < 1.29 is 4.79 Å². The number of anilines is 1. The second-order valence-electron chi connectivity index (χ2n) is 3.76. The number of Topliss-reactive ketones (excluding diaryl/α,β-unsaturated/α-hetero) is 1. The van der Waals surface area contributed by atoms with Crippen LogP contribution in [0.15, 0.2) is 18.2 Å². The van der Waals surface area contributed by atoms with Gasteiger partial charge in [-0.15, -0.1) is 0 Å². The molecule has 0 unspecified atom stereocenters. The van der Waals surface area contributed by atoms with Crippen molar-refractivity contribution in [1.29, 1.82) is 0 Å². The SMILES string of the molecule is CCc1cccc2c1N(C)CCC2=O. The van der Waals surface area contributed by atoms with Crippen molar-refractivity contribution in [3.8, 4) is 0 Å². The number of benzene rings is 1. The Morgan fingerprint density at radius 2 is 2.21 bits per heavy atom. The summed E-state index contributed by atoms with van der Waals surface area (Å²) in [5.74, 6) is 0.286. The van der Waals surface area contributed by atoms with Crippen molar-refractivity contribution in [3.63, 3.8) is 0 Å². The minimum absolute atomic E-state index is 0.286. The topological polar surface area (TPSA) is 20.3 Å². The van der Waals surface area contributed by atoms with Crippen LogP contribution in [0, 0.1) is 0 Å². The molecule has 0 saturated heterocycles. The Balaban J connectivity index is 2.60. The highest BCUT2D eigenvalue weighted by molar-refractivity contribution is 6.03. The third-order valence-electron chi connectivity index (χ3n) is 2.86. The van der Waals surface area contributed by atoms with Crippen molar-refractivity contribution >= 4 is 11.5 Å². The van der Waals surface area contributed by atoms with Crippen LogP contribution < -0.4 is 4.90 Å². The summed E-state index contributed by atoms with van der Waals surface area (Å²) in [5.41, 5.74) is 3.32. The number of carbonyl (C=O) groups excluding carboxylic acids is 1. The fourth-order valence-electron chi connectivity index (χ4n) is 2.07. The first-order valence-electron chi connectivity index (χ1n) is 5.10. The van der Waals surface area contributed by atoms with Gasteiger partial charge in [0.2, 0.25) is 0 Å². The van der Waals surface area contributed by atoms with E-state index in [1.807, 2.05) is 12.1 Å². The maximum absolute atomic E-state index is 11.7. The van der Waals surface area contributed by atoms with Crippen molar-refractivity contribution in [1.82, 2.24) is 0 Å². The molecular formula is C12H15NO. The Hall–Kier alpha value is -1.31. The standard InChI is InChI=1S/C12H15NO/c1-3-9-5-4-6-10-11(14)7-8-13(2)12(9)10/h4-6H,3,7-8H2,1-2H3. The summed E-state index contributed by atoms with van der Waals surface area (Å²) in [7, 11) is 2.06. The lowest BCUT2D eigenvalue weighted by Crippen LogP contribution is -2.29. The maximum atomic E-state index is 11.7. The highest BCUT2D eigenvalue weighted by Gasteiger charge is 2.22. The van der Waals surface area contributed by atoms with Crippen LogP contribution in [0.1, 0.15) is 29.3 Å². The molecule has 2 rings (SSSR count). The van der Waals surface area contributed by atoms with Gasteiger partial charge in [0.15, 0.2) is 5.78 Å². The Labute approximate surface area is 84.5 Å². The number of nitrogens with zero attached hydrogens (tertiary/aromatic N) is 1. The van der Waals surface area contributed by atoms with E-state index in [4.69, 9.17) is 0 Å². The van der Waals surface area contributed by atoms with Gasteiger partial charge in [-0.2, -0.15) is 0 Å². The predicted octanol–water partition coefficient (Wildman–Crippen LogP) is 2.27. The molecule has 1 aliphatic rings. The van der Waals surface area contributed by atoms with E-state index in [0.29, 0.717) is 6.42 Å². The molecule has 0 fully saturated rings. The summed E-state index contributed by atoms with van der Waals surface area (Å²) in [6.45, 7) is 2.98. The normalized spacial score (nSPS) is 15.6. The van der Waals surface area contributed by atoms with Crippen LogP contribution in [0.3, 0.4) is 0 Å². The lowest BCUT2D eigenvalue weighted by Gasteiger charge is -2.28. The zero-order valence-corrected chi connectivity index (χ0v) is 8.71. The highest BCUT2D eigenvalue weighted by Crippen LogP contribution is 2.29. The third-order valence-corrected chi connectivity index (χ3v) is 2.86. The maximum Gasteiger partial charge on any atom is 0.166 e. The van der Waals surface area contributed by atoms with E-state index in [2.05, 4.69) is 24.9 Å². The molecule has 0 saturated carbocycles. The number of hydrogen-bond donors (Lipinski definition) is 0. The average molecular weight is 189 g/mol. The first kappa shape index (κ1) is 9.25. The van der Waals surface area contributed by atoms with Gasteiger partial charge in [0.25, 0.3) is 0 Å². The molecule has 14 heavy (non-hydrogen) atoms. The molecular weight excluding hydrogens is 174 g/mol. The van der Waals surface area contributed by atoms with Gasteiger partial charge < -0.3 is 4.90 Å². The van der Waals surface area contributed by atoms with Crippen LogP contribution in [-0.2, 0) is 6.42 Å². The van der Waals surface area contributed by atoms with Gasteiger partial charge in [-0.1, -0.05) is 19.1 Å².